The zero-order chi connectivity index (χ0) is 16.8. The van der Waals surface area contributed by atoms with Crippen LogP contribution >= 0.6 is 0 Å². The van der Waals surface area contributed by atoms with Gasteiger partial charge >= 0.3 is 6.18 Å². The molecule has 22 heavy (non-hydrogen) atoms. The predicted octanol–water partition coefficient (Wildman–Crippen LogP) is 2.61. The molecular formula is C15H29F3N4. The first-order valence-electron chi connectivity index (χ1n) is 7.87. The number of guanidine groups is 1. The zero-order valence-corrected chi connectivity index (χ0v) is 14.1. The highest BCUT2D eigenvalue weighted by atomic mass is 19.4. The molecule has 0 aromatic carbocycles. The standard InChI is InChI=1S/C15H29F3N4/c1-12-6-5-7-14(10-12,22(3)4)11-21-13(19-2)20-9-8-15(16,17)18/h12H,5-11H2,1-4H3,(H2,19,20,21). The van der Waals surface area contributed by atoms with Crippen LogP contribution in [-0.2, 0) is 0 Å². The van der Waals surface area contributed by atoms with Crippen LogP contribution in [0.5, 0.6) is 0 Å². The molecule has 0 saturated heterocycles. The number of hydrogen-bond donors (Lipinski definition) is 2. The first-order chi connectivity index (χ1) is 10.2. The highest BCUT2D eigenvalue weighted by Gasteiger charge is 2.37. The molecule has 0 radical (unpaired) electrons. The average molecular weight is 322 g/mol. The third kappa shape index (κ3) is 6.02. The molecular weight excluding hydrogens is 293 g/mol. The van der Waals surface area contributed by atoms with Gasteiger partial charge < -0.3 is 15.5 Å². The Kier molecular flexibility index (Phi) is 6.97. The van der Waals surface area contributed by atoms with E-state index in [1.54, 1.807) is 7.05 Å². The van der Waals surface area contributed by atoms with Crippen LogP contribution in [0.1, 0.15) is 39.0 Å². The van der Waals surface area contributed by atoms with E-state index in [0.717, 1.165) is 12.8 Å². The molecule has 1 fully saturated rings. The summed E-state index contributed by atoms with van der Waals surface area (Å²) in [7, 11) is 5.72. The van der Waals surface area contributed by atoms with Gasteiger partial charge in [-0.25, -0.2) is 0 Å². The predicted molar refractivity (Wildman–Crippen MR) is 84.1 cm³/mol. The third-order valence-corrected chi connectivity index (χ3v) is 4.53. The SMILES string of the molecule is CN=C(NCCC(F)(F)F)NCC1(N(C)C)CCCC(C)C1. The molecule has 0 spiro atoms. The molecule has 1 aliphatic carbocycles. The fourth-order valence-corrected chi connectivity index (χ4v) is 3.15. The van der Waals surface area contributed by atoms with Gasteiger partial charge in [0.2, 0.25) is 0 Å². The Morgan fingerprint density at radius 2 is 2.00 bits per heavy atom. The second-order valence-electron chi connectivity index (χ2n) is 6.54. The maximum atomic E-state index is 12.2. The molecule has 0 amide bonds. The summed E-state index contributed by atoms with van der Waals surface area (Å²) < 4.78 is 36.6. The van der Waals surface area contributed by atoms with E-state index in [1.807, 2.05) is 0 Å². The van der Waals surface area contributed by atoms with Gasteiger partial charge in [0.1, 0.15) is 0 Å². The number of nitrogens with one attached hydrogen (secondary N) is 2. The summed E-state index contributed by atoms with van der Waals surface area (Å²) in [5, 5.41) is 5.93. The highest BCUT2D eigenvalue weighted by Crippen LogP contribution is 2.35. The van der Waals surface area contributed by atoms with E-state index in [0.29, 0.717) is 18.4 Å². The van der Waals surface area contributed by atoms with E-state index in [-0.39, 0.29) is 12.1 Å². The van der Waals surface area contributed by atoms with Gasteiger partial charge in [0.05, 0.1) is 6.42 Å². The summed E-state index contributed by atoms with van der Waals surface area (Å²) in [6.07, 6.45) is -0.391. The average Bonchev–Trinajstić information content (AvgIpc) is 2.41. The quantitative estimate of drug-likeness (QED) is 0.604. The van der Waals surface area contributed by atoms with Gasteiger partial charge in [0.15, 0.2) is 5.96 Å². The van der Waals surface area contributed by atoms with Gasteiger partial charge in [0.25, 0.3) is 0 Å². The summed E-state index contributed by atoms with van der Waals surface area (Å²) in [6.45, 7) is 2.79. The molecule has 1 saturated carbocycles. The first kappa shape index (κ1) is 19.1. The Morgan fingerprint density at radius 3 is 2.50 bits per heavy atom. The summed E-state index contributed by atoms with van der Waals surface area (Å²) >= 11 is 0. The van der Waals surface area contributed by atoms with Crippen LogP contribution in [0.2, 0.25) is 0 Å². The lowest BCUT2D eigenvalue weighted by molar-refractivity contribution is -0.132. The number of likely N-dealkylation sites (N-methyl/N-ethyl adjacent to an activating group) is 1. The van der Waals surface area contributed by atoms with E-state index in [4.69, 9.17) is 0 Å². The van der Waals surface area contributed by atoms with Crippen molar-refractivity contribution in [1.29, 1.82) is 0 Å². The van der Waals surface area contributed by atoms with Crippen molar-refractivity contribution >= 4 is 5.96 Å². The van der Waals surface area contributed by atoms with Crippen LogP contribution in [-0.4, -0.2) is 56.8 Å². The van der Waals surface area contributed by atoms with Crippen molar-refractivity contribution in [3.8, 4) is 0 Å². The molecule has 2 N–H and O–H groups in total. The number of hydrogen-bond acceptors (Lipinski definition) is 2. The van der Waals surface area contributed by atoms with Crippen molar-refractivity contribution < 1.29 is 13.2 Å². The second kappa shape index (κ2) is 8.04. The lowest BCUT2D eigenvalue weighted by Gasteiger charge is -2.45. The Hall–Kier alpha value is -0.980. The third-order valence-electron chi connectivity index (χ3n) is 4.53. The van der Waals surface area contributed by atoms with Crippen LogP contribution in [0.15, 0.2) is 4.99 Å². The number of alkyl halides is 3. The van der Waals surface area contributed by atoms with E-state index in [1.165, 1.54) is 12.8 Å². The van der Waals surface area contributed by atoms with Gasteiger partial charge in [-0.3, -0.25) is 4.99 Å². The molecule has 0 aromatic rings. The van der Waals surface area contributed by atoms with Gasteiger partial charge in [-0.05, 0) is 32.9 Å². The van der Waals surface area contributed by atoms with Gasteiger partial charge in [-0.2, -0.15) is 13.2 Å². The van der Waals surface area contributed by atoms with Crippen molar-refractivity contribution in [1.82, 2.24) is 15.5 Å². The monoisotopic (exact) mass is 322 g/mol. The largest absolute Gasteiger partial charge is 0.390 e. The van der Waals surface area contributed by atoms with Crippen molar-refractivity contribution in [2.24, 2.45) is 10.9 Å². The molecule has 130 valence electrons. The summed E-state index contributed by atoms with van der Waals surface area (Å²) in [6, 6.07) is 0. The number of rotatable bonds is 5. The summed E-state index contributed by atoms with van der Waals surface area (Å²) in [4.78, 5) is 6.24. The number of halogens is 3. The molecule has 4 nitrogen and oxygen atoms in total. The maximum absolute atomic E-state index is 12.2. The molecule has 0 heterocycles. The van der Waals surface area contributed by atoms with Crippen molar-refractivity contribution in [3.63, 3.8) is 0 Å². The summed E-state index contributed by atoms with van der Waals surface area (Å²) in [5.74, 6) is 1.10. The lowest BCUT2D eigenvalue weighted by Crippen LogP contribution is -2.56. The Bertz CT molecular complexity index is 368. The van der Waals surface area contributed by atoms with Gasteiger partial charge in [0, 0.05) is 25.7 Å². The maximum Gasteiger partial charge on any atom is 0.390 e. The van der Waals surface area contributed by atoms with Crippen LogP contribution in [0.4, 0.5) is 13.2 Å². The molecule has 2 unspecified atom stereocenters. The topological polar surface area (TPSA) is 39.7 Å². The van der Waals surface area contributed by atoms with E-state index < -0.39 is 12.6 Å². The van der Waals surface area contributed by atoms with Crippen LogP contribution in [0, 0.1) is 5.92 Å². The molecule has 0 aliphatic heterocycles. The minimum Gasteiger partial charge on any atom is -0.356 e. The lowest BCUT2D eigenvalue weighted by atomic mass is 9.75. The fourth-order valence-electron chi connectivity index (χ4n) is 3.15. The van der Waals surface area contributed by atoms with Gasteiger partial charge in [-0.15, -0.1) is 0 Å². The normalized spacial score (nSPS) is 27.1. The number of aliphatic imine (C=N–C) groups is 1. The fraction of sp³-hybridized carbons (Fsp3) is 0.933. The van der Waals surface area contributed by atoms with Gasteiger partial charge in [-0.1, -0.05) is 19.8 Å². The summed E-state index contributed by atoms with van der Waals surface area (Å²) in [5.41, 5.74) is 0.0410. The van der Waals surface area contributed by atoms with Crippen molar-refractivity contribution in [2.75, 3.05) is 34.2 Å². The molecule has 0 aromatic heterocycles. The number of nitrogens with zero attached hydrogens (tertiary/aromatic N) is 2. The molecule has 2 atom stereocenters. The smallest absolute Gasteiger partial charge is 0.356 e. The Morgan fingerprint density at radius 1 is 1.32 bits per heavy atom. The second-order valence-corrected chi connectivity index (χ2v) is 6.54. The van der Waals surface area contributed by atoms with Crippen LogP contribution in [0.3, 0.4) is 0 Å². The Labute approximate surface area is 131 Å². The van der Waals surface area contributed by atoms with E-state index in [2.05, 4.69) is 41.5 Å². The Balaban J connectivity index is 2.52. The van der Waals surface area contributed by atoms with Crippen molar-refractivity contribution in [2.45, 2.75) is 50.7 Å². The zero-order valence-electron chi connectivity index (χ0n) is 14.1. The highest BCUT2D eigenvalue weighted by molar-refractivity contribution is 5.79. The first-order valence-corrected chi connectivity index (χ1v) is 7.87. The molecule has 7 heteroatoms. The molecule has 1 rings (SSSR count). The minimum atomic E-state index is -4.14. The van der Waals surface area contributed by atoms with Crippen LogP contribution in [0.25, 0.3) is 0 Å². The van der Waals surface area contributed by atoms with E-state index in [9.17, 15) is 13.2 Å². The van der Waals surface area contributed by atoms with E-state index >= 15 is 0 Å². The van der Waals surface area contributed by atoms with Crippen molar-refractivity contribution in [3.05, 3.63) is 0 Å². The minimum absolute atomic E-state index is 0.0410. The molecule has 1 aliphatic rings. The van der Waals surface area contributed by atoms with Crippen LogP contribution < -0.4 is 10.6 Å². The molecule has 0 bridgehead atoms.